The third-order valence-corrected chi connectivity index (χ3v) is 15.3. The minimum atomic E-state index is -0.582. The zero-order valence-corrected chi connectivity index (χ0v) is 30.5. The maximum atomic E-state index is 14.6. The second-order valence-electron chi connectivity index (χ2n) is 18.5. The van der Waals surface area contributed by atoms with Crippen molar-refractivity contribution in [2.45, 2.75) is 119 Å². The first kappa shape index (κ1) is 33.3. The van der Waals surface area contributed by atoms with Gasteiger partial charge in [-0.25, -0.2) is 6.57 Å². The molecule has 4 unspecified atom stereocenters. The van der Waals surface area contributed by atoms with Gasteiger partial charge in [-0.1, -0.05) is 84.4 Å². The molecule has 8 atom stereocenters. The van der Waals surface area contributed by atoms with E-state index >= 15 is 0 Å². The molecule has 1 heterocycles. The summed E-state index contributed by atoms with van der Waals surface area (Å²) in [7, 11) is 1.99. The van der Waals surface area contributed by atoms with E-state index in [9.17, 15) is 9.59 Å². The SMILES string of the molecule is [C-]#[N+]C1C[C@@]2(C)C(CC[C@]3(C)C2CC(c2cnn(C)c2)=C2C4CC(C)(C)CC[C@]4(C(=O)OCc4ccccc4)CC[C@]23C)C(C)(C)C1=O. The van der Waals surface area contributed by atoms with Crippen LogP contribution in [0.5, 0.6) is 0 Å². The molecule has 0 bridgehead atoms. The predicted molar refractivity (Wildman–Crippen MR) is 188 cm³/mol. The smallest absolute Gasteiger partial charge is 0.313 e. The highest BCUT2D eigenvalue weighted by Gasteiger charge is 2.72. The van der Waals surface area contributed by atoms with Gasteiger partial charge in [0.25, 0.3) is 6.04 Å². The molecule has 5 aliphatic rings. The molecule has 4 saturated carbocycles. The first-order chi connectivity index (χ1) is 22.5. The second kappa shape index (κ2) is 10.9. The van der Waals surface area contributed by atoms with Crippen molar-refractivity contribution in [3.05, 3.63) is 70.8 Å². The molecule has 2 aromatic rings. The van der Waals surface area contributed by atoms with Crippen LogP contribution in [0.25, 0.3) is 10.4 Å². The number of fused-ring (bicyclic) bond motifs is 7. The minimum absolute atomic E-state index is 0.0256. The van der Waals surface area contributed by atoms with E-state index in [1.54, 1.807) is 0 Å². The van der Waals surface area contributed by atoms with E-state index in [2.05, 4.69) is 64.6 Å². The first-order valence-electron chi connectivity index (χ1n) is 18.4. The van der Waals surface area contributed by atoms with Crippen molar-refractivity contribution < 1.29 is 14.3 Å². The number of nitrogens with zero attached hydrogens (tertiary/aromatic N) is 3. The summed E-state index contributed by atoms with van der Waals surface area (Å²) in [6.07, 6.45) is 12.4. The average Bonchev–Trinajstić information content (AvgIpc) is 3.48. The standard InChI is InChI=1S/C42H55N3O3/c1-37(2)17-19-42(36(47)48-26-27-13-11-10-12-14-27)20-18-41(7)34(30(42)22-37)29(28-24-44-45(9)25-28)21-33-39(5)23-31(43-8)35(46)38(3,4)32(39)15-16-40(33,41)6/h10-14,24-25,30-33H,15-23,26H2,1-7,9H3/t30?,31?,32?,33?,39-,40+,41+,42-/m0/s1. The van der Waals surface area contributed by atoms with Gasteiger partial charge in [0.05, 0.1) is 11.6 Å². The van der Waals surface area contributed by atoms with Crippen molar-refractivity contribution in [3.63, 3.8) is 0 Å². The Kier molecular flexibility index (Phi) is 7.56. The van der Waals surface area contributed by atoms with Gasteiger partial charge in [0, 0.05) is 30.6 Å². The summed E-state index contributed by atoms with van der Waals surface area (Å²) >= 11 is 0. The van der Waals surface area contributed by atoms with Crippen molar-refractivity contribution in [1.29, 1.82) is 0 Å². The van der Waals surface area contributed by atoms with Gasteiger partial charge in [0.15, 0.2) is 0 Å². The van der Waals surface area contributed by atoms with Crippen molar-refractivity contribution in [2.24, 2.45) is 57.3 Å². The lowest BCUT2D eigenvalue weighted by molar-refractivity contribution is -0.191. The number of hydrogen-bond acceptors (Lipinski definition) is 4. The number of allylic oxidation sites excluding steroid dienone is 2. The Morgan fingerprint density at radius 3 is 2.35 bits per heavy atom. The molecule has 6 heteroatoms. The molecule has 0 amide bonds. The van der Waals surface area contributed by atoms with Crippen molar-refractivity contribution >= 4 is 17.3 Å². The Balaban J connectivity index is 1.40. The van der Waals surface area contributed by atoms with Crippen LogP contribution < -0.4 is 0 Å². The molecule has 0 N–H and O–H groups in total. The van der Waals surface area contributed by atoms with E-state index in [-0.39, 0.29) is 45.2 Å². The molecule has 256 valence electrons. The van der Waals surface area contributed by atoms with E-state index in [0.29, 0.717) is 18.9 Å². The molecule has 0 radical (unpaired) electrons. The summed E-state index contributed by atoms with van der Waals surface area (Å²) in [5, 5.41) is 4.69. The molecule has 0 aliphatic heterocycles. The Labute approximate surface area is 287 Å². The normalized spacial score (nSPS) is 39.7. The third kappa shape index (κ3) is 4.58. The highest BCUT2D eigenvalue weighted by Crippen LogP contribution is 2.77. The number of rotatable bonds is 4. The number of ether oxygens (including phenoxy) is 1. The molecular weight excluding hydrogens is 594 g/mol. The zero-order chi connectivity index (χ0) is 34.5. The summed E-state index contributed by atoms with van der Waals surface area (Å²) in [4.78, 5) is 32.3. The van der Waals surface area contributed by atoms with Gasteiger partial charge in [-0.05, 0) is 102 Å². The summed E-state index contributed by atoms with van der Waals surface area (Å²) in [6, 6.07) is 9.48. The fourth-order valence-electron chi connectivity index (χ4n) is 12.5. The maximum Gasteiger partial charge on any atom is 0.313 e. The molecule has 1 aromatic carbocycles. The van der Waals surface area contributed by atoms with Crippen molar-refractivity contribution in [3.8, 4) is 0 Å². The lowest BCUT2D eigenvalue weighted by atomic mass is 9.32. The van der Waals surface area contributed by atoms with Gasteiger partial charge in [-0.15, -0.1) is 0 Å². The van der Waals surface area contributed by atoms with Crippen molar-refractivity contribution in [1.82, 2.24) is 9.78 Å². The van der Waals surface area contributed by atoms with Gasteiger partial charge in [0.2, 0.25) is 5.78 Å². The number of carbonyl (C=O) groups excluding carboxylic acids is 2. The maximum absolute atomic E-state index is 14.6. The van der Waals surface area contributed by atoms with Gasteiger partial charge in [-0.3, -0.25) is 14.3 Å². The molecule has 0 saturated heterocycles. The molecule has 5 aliphatic carbocycles. The van der Waals surface area contributed by atoms with E-state index in [1.807, 2.05) is 48.3 Å². The molecule has 48 heavy (non-hydrogen) atoms. The number of esters is 1. The van der Waals surface area contributed by atoms with Crippen molar-refractivity contribution in [2.75, 3.05) is 0 Å². The van der Waals surface area contributed by atoms with Crippen LogP contribution >= 0.6 is 0 Å². The minimum Gasteiger partial charge on any atom is -0.460 e. The van der Waals surface area contributed by atoms with Gasteiger partial charge >= 0.3 is 5.97 Å². The fraction of sp³-hybridized carbons (Fsp3) is 0.667. The molecule has 1 aromatic heterocycles. The predicted octanol–water partition coefficient (Wildman–Crippen LogP) is 9.26. The Bertz CT molecular complexity index is 1710. The lowest BCUT2D eigenvalue weighted by Gasteiger charge is -2.71. The number of hydrogen-bond donors (Lipinski definition) is 0. The van der Waals surface area contributed by atoms with E-state index in [1.165, 1.54) is 11.1 Å². The van der Waals surface area contributed by atoms with Crippen LogP contribution in [0, 0.1) is 56.8 Å². The van der Waals surface area contributed by atoms with E-state index in [4.69, 9.17) is 11.3 Å². The first-order valence-corrected chi connectivity index (χ1v) is 18.4. The third-order valence-electron chi connectivity index (χ3n) is 15.3. The second-order valence-corrected chi connectivity index (χ2v) is 18.5. The van der Waals surface area contributed by atoms with Gasteiger partial charge in [0.1, 0.15) is 6.61 Å². The number of aromatic nitrogens is 2. The van der Waals surface area contributed by atoms with E-state index < -0.39 is 16.9 Å². The number of carbonyl (C=O) groups is 2. The monoisotopic (exact) mass is 649 g/mol. The largest absolute Gasteiger partial charge is 0.460 e. The summed E-state index contributed by atoms with van der Waals surface area (Å²) in [5.74, 6) is 0.733. The van der Waals surface area contributed by atoms with Crippen LogP contribution in [0.2, 0.25) is 0 Å². The number of Topliss-reactive ketones (excluding diaryl/α,β-unsaturated/α-hetero) is 1. The summed E-state index contributed by atoms with van der Waals surface area (Å²) < 4.78 is 8.20. The molecule has 0 spiro atoms. The lowest BCUT2D eigenvalue weighted by Crippen LogP contribution is -2.66. The number of aryl methyl sites for hydroxylation is 1. The van der Waals surface area contributed by atoms with Crippen LogP contribution in [0.1, 0.15) is 117 Å². The number of benzene rings is 1. The fourth-order valence-corrected chi connectivity index (χ4v) is 12.5. The van der Waals surface area contributed by atoms with Crippen LogP contribution in [0.4, 0.5) is 0 Å². The van der Waals surface area contributed by atoms with Crippen LogP contribution in [-0.2, 0) is 28.0 Å². The van der Waals surface area contributed by atoms with Gasteiger partial charge < -0.3 is 9.58 Å². The summed E-state index contributed by atoms with van der Waals surface area (Å²) in [5.41, 5.74) is 3.73. The molecule has 6 nitrogen and oxygen atoms in total. The molecule has 7 rings (SSSR count). The van der Waals surface area contributed by atoms with Crippen LogP contribution in [0.15, 0.2) is 48.3 Å². The molecule has 4 fully saturated rings. The topological polar surface area (TPSA) is 65.6 Å². The van der Waals surface area contributed by atoms with Crippen LogP contribution in [-0.4, -0.2) is 27.6 Å². The zero-order valence-electron chi connectivity index (χ0n) is 30.5. The Hall–Kier alpha value is -3.20. The highest BCUT2D eigenvalue weighted by molar-refractivity contribution is 5.92. The average molecular weight is 650 g/mol. The Morgan fingerprint density at radius 2 is 1.69 bits per heavy atom. The number of ketones is 1. The summed E-state index contributed by atoms with van der Waals surface area (Å²) in [6.45, 7) is 24.9. The van der Waals surface area contributed by atoms with Gasteiger partial charge in [-0.2, -0.15) is 5.10 Å². The molecular formula is C42H55N3O3. The van der Waals surface area contributed by atoms with E-state index in [0.717, 1.165) is 62.5 Å². The Morgan fingerprint density at radius 1 is 0.979 bits per heavy atom. The highest BCUT2D eigenvalue weighted by atomic mass is 16.5. The quantitative estimate of drug-likeness (QED) is 0.245. The van der Waals surface area contributed by atoms with Crippen LogP contribution in [0.3, 0.4) is 0 Å².